The molecule has 0 radical (unpaired) electrons. The lowest BCUT2D eigenvalue weighted by atomic mass is 10.2. The highest BCUT2D eigenvalue weighted by molar-refractivity contribution is 5.47. The molecule has 0 amide bonds. The zero-order valence-electron chi connectivity index (χ0n) is 10.7. The van der Waals surface area contributed by atoms with Gasteiger partial charge in [-0.05, 0) is 25.8 Å². The maximum absolute atomic E-state index is 4.30. The molecule has 1 aliphatic heterocycles. The molecule has 1 saturated heterocycles. The van der Waals surface area contributed by atoms with Crippen LogP contribution in [0.1, 0.15) is 32.1 Å². The van der Waals surface area contributed by atoms with Crippen LogP contribution in [0, 0.1) is 0 Å². The van der Waals surface area contributed by atoms with Crippen molar-refractivity contribution in [1.82, 2.24) is 15.3 Å². The van der Waals surface area contributed by atoms with E-state index in [1.165, 1.54) is 25.7 Å². The van der Waals surface area contributed by atoms with Crippen molar-refractivity contribution in [2.24, 2.45) is 0 Å². The van der Waals surface area contributed by atoms with Gasteiger partial charge in [0.25, 0.3) is 0 Å². The largest absolute Gasteiger partial charge is 0.367 e. The first-order valence-corrected chi connectivity index (χ1v) is 6.96. The van der Waals surface area contributed by atoms with Crippen LogP contribution in [0.4, 0.5) is 11.6 Å². The van der Waals surface area contributed by atoms with Crippen LogP contribution in [-0.4, -0.2) is 35.1 Å². The van der Waals surface area contributed by atoms with Crippen LogP contribution in [0.5, 0.6) is 0 Å². The molecule has 0 spiro atoms. The highest BCUT2D eigenvalue weighted by Gasteiger charge is 2.16. The molecule has 3 N–H and O–H groups in total. The third-order valence-corrected chi connectivity index (χ3v) is 3.79. The van der Waals surface area contributed by atoms with E-state index in [9.17, 15) is 0 Å². The fraction of sp³-hybridized carbons (Fsp3) is 0.692. The van der Waals surface area contributed by atoms with Gasteiger partial charge in [0.2, 0.25) is 0 Å². The summed E-state index contributed by atoms with van der Waals surface area (Å²) in [6.07, 6.45) is 8.00. The Morgan fingerprint density at radius 3 is 2.39 bits per heavy atom. The Bertz CT molecular complexity index is 349. The van der Waals surface area contributed by atoms with Crippen LogP contribution >= 0.6 is 0 Å². The van der Waals surface area contributed by atoms with Gasteiger partial charge in [0.1, 0.15) is 18.0 Å². The van der Waals surface area contributed by atoms with Crippen LogP contribution in [0.3, 0.4) is 0 Å². The number of hydrogen-bond acceptors (Lipinski definition) is 5. The Kier molecular flexibility index (Phi) is 3.59. The van der Waals surface area contributed by atoms with Gasteiger partial charge in [0, 0.05) is 24.7 Å². The van der Waals surface area contributed by atoms with Gasteiger partial charge in [-0.2, -0.15) is 0 Å². The molecule has 18 heavy (non-hydrogen) atoms. The number of anilines is 2. The van der Waals surface area contributed by atoms with Crippen molar-refractivity contribution in [3.8, 4) is 0 Å². The first-order chi connectivity index (χ1) is 8.90. The Hall–Kier alpha value is -1.36. The van der Waals surface area contributed by atoms with Crippen LogP contribution in [0.15, 0.2) is 12.4 Å². The summed E-state index contributed by atoms with van der Waals surface area (Å²) < 4.78 is 0. The fourth-order valence-corrected chi connectivity index (χ4v) is 2.78. The Labute approximate surface area is 108 Å². The van der Waals surface area contributed by atoms with E-state index in [0.717, 1.165) is 31.1 Å². The summed E-state index contributed by atoms with van der Waals surface area (Å²) in [7, 11) is 0. The van der Waals surface area contributed by atoms with Gasteiger partial charge >= 0.3 is 0 Å². The predicted molar refractivity (Wildman–Crippen MR) is 72.8 cm³/mol. The molecule has 2 heterocycles. The number of nitrogens with one attached hydrogen (secondary N) is 3. The van der Waals surface area contributed by atoms with E-state index < -0.39 is 0 Å². The Morgan fingerprint density at radius 2 is 1.72 bits per heavy atom. The van der Waals surface area contributed by atoms with E-state index in [2.05, 4.69) is 25.9 Å². The normalized spacial score (nSPS) is 24.3. The molecule has 2 fully saturated rings. The summed E-state index contributed by atoms with van der Waals surface area (Å²) in [6, 6.07) is 3.12. The van der Waals surface area contributed by atoms with Gasteiger partial charge < -0.3 is 16.0 Å². The first-order valence-electron chi connectivity index (χ1n) is 6.96. The molecule has 1 aromatic heterocycles. The first kappa shape index (κ1) is 11.7. The Balaban J connectivity index is 1.60. The van der Waals surface area contributed by atoms with Crippen molar-refractivity contribution in [1.29, 1.82) is 0 Å². The zero-order valence-corrected chi connectivity index (χ0v) is 10.7. The zero-order chi connectivity index (χ0) is 12.2. The summed E-state index contributed by atoms with van der Waals surface area (Å²) in [5, 5.41) is 10.3. The monoisotopic (exact) mass is 247 g/mol. The van der Waals surface area contributed by atoms with Gasteiger partial charge in [-0.3, -0.25) is 0 Å². The SMILES string of the molecule is c1nc(NC2CCCC2)cc(NC2CCNC2)n1. The van der Waals surface area contributed by atoms with Crippen LogP contribution in [0.2, 0.25) is 0 Å². The topological polar surface area (TPSA) is 61.9 Å². The summed E-state index contributed by atoms with van der Waals surface area (Å²) in [5.74, 6) is 1.88. The fourth-order valence-electron chi connectivity index (χ4n) is 2.78. The smallest absolute Gasteiger partial charge is 0.131 e. The van der Waals surface area contributed by atoms with Gasteiger partial charge in [-0.15, -0.1) is 0 Å². The van der Waals surface area contributed by atoms with E-state index >= 15 is 0 Å². The molecular weight excluding hydrogens is 226 g/mol. The number of hydrogen-bond donors (Lipinski definition) is 3. The van der Waals surface area contributed by atoms with E-state index in [4.69, 9.17) is 0 Å². The molecule has 5 heteroatoms. The minimum absolute atomic E-state index is 0.499. The lowest BCUT2D eigenvalue weighted by molar-refractivity contribution is 0.748. The molecule has 1 unspecified atom stereocenters. The summed E-state index contributed by atoms with van der Waals surface area (Å²) in [5.41, 5.74) is 0. The van der Waals surface area contributed by atoms with Crippen molar-refractivity contribution in [2.75, 3.05) is 23.7 Å². The third kappa shape index (κ3) is 2.90. The van der Waals surface area contributed by atoms with Gasteiger partial charge in [0.05, 0.1) is 0 Å². The second-order valence-corrected chi connectivity index (χ2v) is 5.25. The average molecular weight is 247 g/mol. The second-order valence-electron chi connectivity index (χ2n) is 5.25. The highest BCUT2D eigenvalue weighted by atomic mass is 15.1. The van der Waals surface area contributed by atoms with Crippen LogP contribution in [-0.2, 0) is 0 Å². The molecule has 1 atom stereocenters. The van der Waals surface area contributed by atoms with E-state index in [1.54, 1.807) is 6.33 Å². The molecular formula is C13H21N5. The Morgan fingerprint density at radius 1 is 1.00 bits per heavy atom. The second kappa shape index (κ2) is 5.52. The van der Waals surface area contributed by atoms with Crippen molar-refractivity contribution in [2.45, 2.75) is 44.2 Å². The standard InChI is InChI=1S/C13H21N5/c1-2-4-10(3-1)17-12-7-13(16-9-15-12)18-11-5-6-14-8-11/h7,9-11,14H,1-6,8H2,(H2,15,16,17,18). The van der Waals surface area contributed by atoms with Crippen molar-refractivity contribution in [3.05, 3.63) is 12.4 Å². The summed E-state index contributed by atoms with van der Waals surface area (Å²) >= 11 is 0. The van der Waals surface area contributed by atoms with E-state index in [-0.39, 0.29) is 0 Å². The van der Waals surface area contributed by atoms with Gasteiger partial charge in [0.15, 0.2) is 0 Å². The molecule has 0 bridgehead atoms. The third-order valence-electron chi connectivity index (χ3n) is 3.79. The predicted octanol–water partition coefficient (Wildman–Crippen LogP) is 1.60. The molecule has 5 nitrogen and oxygen atoms in total. The number of nitrogens with zero attached hydrogens (tertiary/aromatic N) is 2. The molecule has 1 aliphatic carbocycles. The molecule has 1 saturated carbocycles. The van der Waals surface area contributed by atoms with Crippen molar-refractivity contribution in [3.63, 3.8) is 0 Å². The summed E-state index contributed by atoms with van der Waals surface area (Å²) in [6.45, 7) is 2.12. The number of rotatable bonds is 4. The van der Waals surface area contributed by atoms with Gasteiger partial charge in [-0.25, -0.2) is 9.97 Å². The average Bonchev–Trinajstić information content (AvgIpc) is 3.03. The quantitative estimate of drug-likeness (QED) is 0.754. The maximum Gasteiger partial charge on any atom is 0.131 e. The highest BCUT2D eigenvalue weighted by Crippen LogP contribution is 2.22. The maximum atomic E-state index is 4.30. The van der Waals surface area contributed by atoms with Crippen LogP contribution in [0.25, 0.3) is 0 Å². The minimum Gasteiger partial charge on any atom is -0.367 e. The molecule has 2 aliphatic rings. The van der Waals surface area contributed by atoms with E-state index in [0.29, 0.717) is 12.1 Å². The molecule has 98 valence electrons. The lowest BCUT2D eigenvalue weighted by Gasteiger charge is -2.15. The van der Waals surface area contributed by atoms with Crippen molar-refractivity contribution < 1.29 is 0 Å². The van der Waals surface area contributed by atoms with E-state index in [1.807, 2.05) is 6.07 Å². The molecule has 3 rings (SSSR count). The van der Waals surface area contributed by atoms with Gasteiger partial charge in [-0.1, -0.05) is 12.8 Å². The lowest BCUT2D eigenvalue weighted by Crippen LogP contribution is -2.23. The molecule has 1 aromatic rings. The van der Waals surface area contributed by atoms with Crippen LogP contribution < -0.4 is 16.0 Å². The summed E-state index contributed by atoms with van der Waals surface area (Å²) in [4.78, 5) is 8.59. The minimum atomic E-state index is 0.499. The molecule has 0 aromatic carbocycles. The number of aromatic nitrogens is 2. The van der Waals surface area contributed by atoms with Crippen molar-refractivity contribution >= 4 is 11.6 Å².